The molecule has 0 spiro atoms. The van der Waals surface area contributed by atoms with Crippen LogP contribution in [0.2, 0.25) is 0 Å². The van der Waals surface area contributed by atoms with Crippen LogP contribution in [0, 0.1) is 38.9 Å². The molecular formula is C29H52O3. The molecule has 32 heavy (non-hydrogen) atoms. The number of carbonyl (C=O) groups is 3. The van der Waals surface area contributed by atoms with Crippen molar-refractivity contribution in [2.45, 2.75) is 128 Å². The second-order valence-corrected chi connectivity index (χ2v) is 14.8. The smallest absolute Gasteiger partial charge is 0.143 e. The number of ketones is 3. The van der Waals surface area contributed by atoms with Gasteiger partial charge in [-0.15, -0.1) is 0 Å². The molecule has 1 fully saturated rings. The SMILES string of the molecule is CC(C)(CCC(C)(C)C(=O)C(C)(C)C)CC(=O)C(C)(C)CC1CCC(C(=O)C(C)(C)C)C1. The highest BCUT2D eigenvalue weighted by Crippen LogP contribution is 2.44. The maximum Gasteiger partial charge on any atom is 0.143 e. The second kappa shape index (κ2) is 9.71. The van der Waals surface area contributed by atoms with Crippen molar-refractivity contribution in [3.63, 3.8) is 0 Å². The van der Waals surface area contributed by atoms with Crippen molar-refractivity contribution in [2.75, 3.05) is 0 Å². The van der Waals surface area contributed by atoms with Crippen molar-refractivity contribution in [1.29, 1.82) is 0 Å². The van der Waals surface area contributed by atoms with Gasteiger partial charge in [-0.1, -0.05) is 83.1 Å². The Morgan fingerprint density at radius 2 is 1.22 bits per heavy atom. The summed E-state index contributed by atoms with van der Waals surface area (Å²) in [7, 11) is 0. The topological polar surface area (TPSA) is 51.2 Å². The summed E-state index contributed by atoms with van der Waals surface area (Å²) < 4.78 is 0. The van der Waals surface area contributed by atoms with Crippen molar-refractivity contribution in [3.05, 3.63) is 0 Å². The standard InChI is InChI=1S/C29H52O3/c1-25(2,3)23(31)21-14-13-20(17-21)18-29(11,12)22(30)19-27(7,8)15-16-28(9,10)24(32)26(4,5)6/h20-21H,13-19H2,1-12H3. The highest BCUT2D eigenvalue weighted by atomic mass is 16.1. The van der Waals surface area contributed by atoms with Crippen LogP contribution in [-0.2, 0) is 14.4 Å². The van der Waals surface area contributed by atoms with E-state index >= 15 is 0 Å². The molecule has 0 saturated heterocycles. The number of rotatable bonds is 10. The van der Waals surface area contributed by atoms with Crippen LogP contribution < -0.4 is 0 Å². The predicted molar refractivity (Wildman–Crippen MR) is 135 cm³/mol. The minimum atomic E-state index is -0.382. The molecule has 2 unspecified atom stereocenters. The number of hydrogen-bond acceptors (Lipinski definition) is 3. The van der Waals surface area contributed by atoms with E-state index in [1.165, 1.54) is 0 Å². The zero-order valence-corrected chi connectivity index (χ0v) is 23.3. The minimum absolute atomic E-state index is 0.135. The molecule has 0 radical (unpaired) electrons. The molecule has 0 amide bonds. The Balaban J connectivity index is 2.69. The zero-order valence-electron chi connectivity index (χ0n) is 23.3. The highest BCUT2D eigenvalue weighted by Gasteiger charge is 2.41. The summed E-state index contributed by atoms with van der Waals surface area (Å²) in [6, 6.07) is 0. The van der Waals surface area contributed by atoms with Crippen molar-refractivity contribution in [3.8, 4) is 0 Å². The lowest BCUT2D eigenvalue weighted by atomic mass is 9.67. The van der Waals surface area contributed by atoms with Crippen molar-refractivity contribution >= 4 is 17.3 Å². The van der Waals surface area contributed by atoms with E-state index in [9.17, 15) is 14.4 Å². The zero-order chi connectivity index (χ0) is 25.3. The average Bonchev–Trinajstić information content (AvgIpc) is 3.04. The van der Waals surface area contributed by atoms with E-state index in [1.807, 2.05) is 55.4 Å². The molecule has 3 nitrogen and oxygen atoms in total. The summed E-state index contributed by atoms with van der Waals surface area (Å²) in [4.78, 5) is 38.8. The van der Waals surface area contributed by atoms with Crippen molar-refractivity contribution in [2.24, 2.45) is 38.9 Å². The van der Waals surface area contributed by atoms with Crippen molar-refractivity contribution < 1.29 is 14.4 Å². The van der Waals surface area contributed by atoms with Gasteiger partial charge in [0.15, 0.2) is 0 Å². The van der Waals surface area contributed by atoms with Gasteiger partial charge in [0.25, 0.3) is 0 Å². The predicted octanol–water partition coefficient (Wildman–Crippen LogP) is 7.84. The molecule has 0 aromatic carbocycles. The Hall–Kier alpha value is -0.990. The molecule has 3 heteroatoms. The van der Waals surface area contributed by atoms with Gasteiger partial charge in [-0.2, -0.15) is 0 Å². The fourth-order valence-electron chi connectivity index (χ4n) is 5.49. The third-order valence-electron chi connectivity index (χ3n) is 7.57. The Kier molecular flexibility index (Phi) is 8.81. The van der Waals surface area contributed by atoms with Crippen LogP contribution in [0.5, 0.6) is 0 Å². The van der Waals surface area contributed by atoms with E-state index < -0.39 is 0 Å². The van der Waals surface area contributed by atoms with Gasteiger partial charge in [0.05, 0.1) is 0 Å². The summed E-state index contributed by atoms with van der Waals surface area (Å²) in [6.45, 7) is 24.5. The molecule has 1 aliphatic rings. The van der Waals surface area contributed by atoms with E-state index in [1.54, 1.807) is 0 Å². The number of carbonyl (C=O) groups excluding carboxylic acids is 3. The number of Topliss-reactive ketones (excluding diaryl/α,β-unsaturated/α-hetero) is 3. The van der Waals surface area contributed by atoms with Crippen molar-refractivity contribution in [1.82, 2.24) is 0 Å². The van der Waals surface area contributed by atoms with E-state index in [0.717, 1.165) is 38.5 Å². The lowest BCUT2D eigenvalue weighted by molar-refractivity contribution is -0.135. The molecule has 0 heterocycles. The molecule has 0 bridgehead atoms. The Morgan fingerprint density at radius 3 is 1.69 bits per heavy atom. The Labute approximate surface area is 198 Å². The normalized spacial score (nSPS) is 21.0. The van der Waals surface area contributed by atoms with Crippen LogP contribution in [0.1, 0.15) is 128 Å². The van der Waals surface area contributed by atoms with Gasteiger partial charge in [0.2, 0.25) is 0 Å². The molecule has 0 aromatic rings. The molecule has 0 N–H and O–H groups in total. The molecule has 186 valence electrons. The Bertz CT molecular complexity index is 695. The fourth-order valence-corrected chi connectivity index (χ4v) is 5.49. The summed E-state index contributed by atoms with van der Waals surface area (Å²) >= 11 is 0. The van der Waals surface area contributed by atoms with Gasteiger partial charge >= 0.3 is 0 Å². The Morgan fingerprint density at radius 1 is 0.688 bits per heavy atom. The fraction of sp³-hybridized carbons (Fsp3) is 0.897. The molecule has 1 aliphatic carbocycles. The third kappa shape index (κ3) is 8.10. The van der Waals surface area contributed by atoms with Crippen LogP contribution in [0.25, 0.3) is 0 Å². The monoisotopic (exact) mass is 448 g/mol. The lowest BCUT2D eigenvalue weighted by Crippen LogP contribution is -2.36. The molecule has 2 atom stereocenters. The van der Waals surface area contributed by atoms with E-state index in [0.29, 0.717) is 23.9 Å². The first-order valence-electron chi connectivity index (χ1n) is 12.7. The summed E-state index contributed by atoms with van der Waals surface area (Å²) in [6.07, 6.45) is 6.00. The first kappa shape index (κ1) is 29.0. The summed E-state index contributed by atoms with van der Waals surface area (Å²) in [5, 5.41) is 0. The minimum Gasteiger partial charge on any atom is -0.299 e. The van der Waals surface area contributed by atoms with E-state index in [2.05, 4.69) is 27.7 Å². The highest BCUT2D eigenvalue weighted by molar-refractivity contribution is 5.89. The molecule has 1 rings (SSSR count). The van der Waals surface area contributed by atoms with Gasteiger partial charge in [0.1, 0.15) is 17.3 Å². The summed E-state index contributed by atoms with van der Waals surface area (Å²) in [5.41, 5.74) is -1.52. The van der Waals surface area contributed by atoms with Gasteiger partial charge in [0, 0.05) is 34.0 Å². The molecule has 0 aliphatic heterocycles. The largest absolute Gasteiger partial charge is 0.299 e. The van der Waals surface area contributed by atoms with Crippen LogP contribution in [-0.4, -0.2) is 17.3 Å². The number of hydrogen-bond donors (Lipinski definition) is 0. The lowest BCUT2D eigenvalue weighted by Gasteiger charge is -2.35. The molecule has 0 aromatic heterocycles. The summed E-state index contributed by atoms with van der Waals surface area (Å²) in [5.74, 6) is 1.58. The maximum atomic E-state index is 13.3. The van der Waals surface area contributed by atoms with E-state index in [4.69, 9.17) is 0 Å². The van der Waals surface area contributed by atoms with Crippen LogP contribution in [0.3, 0.4) is 0 Å². The first-order valence-corrected chi connectivity index (χ1v) is 12.7. The van der Waals surface area contributed by atoms with Gasteiger partial charge in [-0.25, -0.2) is 0 Å². The third-order valence-corrected chi connectivity index (χ3v) is 7.57. The average molecular weight is 449 g/mol. The van der Waals surface area contributed by atoms with Gasteiger partial charge in [-0.3, -0.25) is 14.4 Å². The molecule has 1 saturated carbocycles. The van der Waals surface area contributed by atoms with Gasteiger partial charge in [-0.05, 0) is 49.9 Å². The van der Waals surface area contributed by atoms with Gasteiger partial charge < -0.3 is 0 Å². The van der Waals surface area contributed by atoms with Crippen LogP contribution in [0.15, 0.2) is 0 Å². The van der Waals surface area contributed by atoms with E-state index in [-0.39, 0.29) is 38.8 Å². The molecular weight excluding hydrogens is 396 g/mol. The van der Waals surface area contributed by atoms with Crippen LogP contribution in [0.4, 0.5) is 0 Å². The maximum absolute atomic E-state index is 13.3. The second-order valence-electron chi connectivity index (χ2n) is 14.8. The first-order chi connectivity index (χ1) is 14.1. The quantitative estimate of drug-likeness (QED) is 0.342. The van der Waals surface area contributed by atoms with Crippen LogP contribution >= 0.6 is 0 Å².